The van der Waals surface area contributed by atoms with E-state index in [2.05, 4.69) is 38.0 Å². The van der Waals surface area contributed by atoms with Gasteiger partial charge in [-0.1, -0.05) is 70.0 Å². The molecule has 6 heteroatoms. The van der Waals surface area contributed by atoms with Crippen molar-refractivity contribution in [2.24, 2.45) is 5.41 Å². The van der Waals surface area contributed by atoms with Gasteiger partial charge in [-0.15, -0.1) is 0 Å². The summed E-state index contributed by atoms with van der Waals surface area (Å²) in [6.45, 7) is 8.32. The number of nitrogens with one attached hydrogen (secondary N) is 1. The van der Waals surface area contributed by atoms with Crippen LogP contribution >= 0.6 is 11.6 Å². The first kappa shape index (κ1) is 21.9. The second-order valence-corrected chi connectivity index (χ2v) is 8.63. The van der Waals surface area contributed by atoms with Gasteiger partial charge in [0.15, 0.2) is 0 Å². The fourth-order valence-corrected chi connectivity index (χ4v) is 3.41. The molecule has 5 nitrogen and oxygen atoms in total. The third-order valence-corrected chi connectivity index (χ3v) is 5.02. The van der Waals surface area contributed by atoms with E-state index in [1.165, 1.54) is 0 Å². The predicted octanol–water partition coefficient (Wildman–Crippen LogP) is 7.44. The van der Waals surface area contributed by atoms with Gasteiger partial charge in [0.05, 0.1) is 5.69 Å². The molecule has 1 unspecified atom stereocenters. The normalized spacial score (nSPS) is 12.4. The van der Waals surface area contributed by atoms with Crippen molar-refractivity contribution < 1.29 is 14.3 Å². The van der Waals surface area contributed by atoms with Crippen LogP contribution < -0.4 is 10.1 Å². The Labute approximate surface area is 182 Å². The topological polar surface area (TPSA) is 60.5 Å². The fraction of sp³-hybridized carbons (Fsp3) is 0.333. The SMILES string of the molecule is CCCC(OC(=O)Nc1ccc(Oc2ccnc(Cl)c2)c2ccccc12)C(C)(C)C. The van der Waals surface area contributed by atoms with Crippen LogP contribution in [-0.2, 0) is 4.74 Å². The Hall–Kier alpha value is -2.79. The van der Waals surface area contributed by atoms with Crippen LogP contribution in [0.5, 0.6) is 11.5 Å². The molecule has 0 radical (unpaired) electrons. The molecule has 0 saturated carbocycles. The Bertz CT molecular complexity index is 1030. The first-order chi connectivity index (χ1) is 14.3. The van der Waals surface area contributed by atoms with Crippen LogP contribution in [0.4, 0.5) is 10.5 Å². The van der Waals surface area contributed by atoms with Gasteiger partial charge in [0.1, 0.15) is 22.8 Å². The molecule has 0 spiro atoms. The molecule has 1 heterocycles. The maximum atomic E-state index is 12.6. The highest BCUT2D eigenvalue weighted by Crippen LogP contribution is 2.35. The van der Waals surface area contributed by atoms with Crippen molar-refractivity contribution in [1.29, 1.82) is 0 Å². The molecule has 1 aromatic heterocycles. The molecule has 30 heavy (non-hydrogen) atoms. The van der Waals surface area contributed by atoms with Crippen LogP contribution in [0.3, 0.4) is 0 Å². The van der Waals surface area contributed by atoms with Crippen molar-refractivity contribution in [3.63, 3.8) is 0 Å². The maximum Gasteiger partial charge on any atom is 0.411 e. The third kappa shape index (κ3) is 5.42. The van der Waals surface area contributed by atoms with Crippen molar-refractivity contribution in [2.75, 3.05) is 5.32 Å². The molecule has 0 aliphatic carbocycles. The van der Waals surface area contributed by atoms with Crippen molar-refractivity contribution in [3.05, 3.63) is 59.9 Å². The van der Waals surface area contributed by atoms with Crippen LogP contribution in [0.2, 0.25) is 5.15 Å². The van der Waals surface area contributed by atoms with E-state index in [0.717, 1.165) is 23.6 Å². The van der Waals surface area contributed by atoms with E-state index in [1.807, 2.05) is 36.4 Å². The summed E-state index contributed by atoms with van der Waals surface area (Å²) in [5.41, 5.74) is 0.540. The molecule has 1 amide bonds. The van der Waals surface area contributed by atoms with Gasteiger partial charge in [-0.05, 0) is 30.0 Å². The van der Waals surface area contributed by atoms with Crippen molar-refractivity contribution in [3.8, 4) is 11.5 Å². The minimum atomic E-state index is -0.455. The van der Waals surface area contributed by atoms with Gasteiger partial charge in [0.2, 0.25) is 0 Å². The van der Waals surface area contributed by atoms with Gasteiger partial charge < -0.3 is 9.47 Å². The zero-order valence-electron chi connectivity index (χ0n) is 17.7. The maximum absolute atomic E-state index is 12.6. The van der Waals surface area contributed by atoms with E-state index in [4.69, 9.17) is 21.1 Å². The number of anilines is 1. The van der Waals surface area contributed by atoms with Crippen LogP contribution in [0, 0.1) is 5.41 Å². The minimum absolute atomic E-state index is 0.126. The summed E-state index contributed by atoms with van der Waals surface area (Å²) in [5, 5.41) is 4.98. The van der Waals surface area contributed by atoms with Gasteiger partial charge in [-0.3, -0.25) is 5.32 Å². The van der Waals surface area contributed by atoms with E-state index < -0.39 is 6.09 Å². The number of carbonyl (C=O) groups excluding carboxylic acids is 1. The molecule has 158 valence electrons. The van der Waals surface area contributed by atoms with Crippen LogP contribution in [0.15, 0.2) is 54.7 Å². The van der Waals surface area contributed by atoms with Crippen LogP contribution in [0.1, 0.15) is 40.5 Å². The monoisotopic (exact) mass is 426 g/mol. The quantitative estimate of drug-likeness (QED) is 0.416. The number of hydrogen-bond donors (Lipinski definition) is 1. The predicted molar refractivity (Wildman–Crippen MR) is 122 cm³/mol. The summed E-state index contributed by atoms with van der Waals surface area (Å²) < 4.78 is 11.7. The zero-order valence-corrected chi connectivity index (χ0v) is 18.5. The van der Waals surface area contributed by atoms with E-state index in [-0.39, 0.29) is 11.5 Å². The number of nitrogens with zero attached hydrogens (tertiary/aromatic N) is 1. The molecule has 0 aliphatic rings. The van der Waals surface area contributed by atoms with Crippen LogP contribution in [-0.4, -0.2) is 17.2 Å². The summed E-state index contributed by atoms with van der Waals surface area (Å²) in [6.07, 6.45) is 2.74. The number of aromatic nitrogens is 1. The van der Waals surface area contributed by atoms with Crippen molar-refractivity contribution in [2.45, 2.75) is 46.6 Å². The highest BCUT2D eigenvalue weighted by molar-refractivity contribution is 6.29. The highest BCUT2D eigenvalue weighted by Gasteiger charge is 2.27. The number of halogens is 1. The van der Waals surface area contributed by atoms with E-state index >= 15 is 0 Å². The largest absolute Gasteiger partial charge is 0.457 e. The number of ether oxygens (including phenoxy) is 2. The first-order valence-electron chi connectivity index (χ1n) is 10.1. The molecule has 2 aromatic carbocycles. The Balaban J connectivity index is 1.84. The van der Waals surface area contributed by atoms with Gasteiger partial charge in [0, 0.05) is 23.0 Å². The fourth-order valence-electron chi connectivity index (χ4n) is 3.24. The molecular weight excluding hydrogens is 400 g/mol. The first-order valence-corrected chi connectivity index (χ1v) is 10.4. The molecule has 0 saturated heterocycles. The number of amides is 1. The number of rotatable bonds is 6. The summed E-state index contributed by atoms with van der Waals surface area (Å²) >= 11 is 5.96. The molecule has 0 bridgehead atoms. The molecule has 3 aromatic rings. The lowest BCUT2D eigenvalue weighted by atomic mass is 9.86. The van der Waals surface area contributed by atoms with E-state index in [1.54, 1.807) is 18.3 Å². The molecular formula is C24H27ClN2O3. The Morgan fingerprint density at radius 3 is 2.53 bits per heavy atom. The third-order valence-electron chi connectivity index (χ3n) is 4.81. The number of pyridine rings is 1. The van der Waals surface area contributed by atoms with Gasteiger partial charge in [0.25, 0.3) is 0 Å². The molecule has 3 rings (SSSR count). The number of benzene rings is 2. The van der Waals surface area contributed by atoms with Gasteiger partial charge >= 0.3 is 6.09 Å². The zero-order chi connectivity index (χ0) is 21.7. The number of hydrogen-bond acceptors (Lipinski definition) is 4. The van der Waals surface area contributed by atoms with E-state index in [9.17, 15) is 4.79 Å². The lowest BCUT2D eigenvalue weighted by Crippen LogP contribution is -2.33. The average molecular weight is 427 g/mol. The summed E-state index contributed by atoms with van der Waals surface area (Å²) in [4.78, 5) is 16.6. The van der Waals surface area contributed by atoms with E-state index in [0.29, 0.717) is 22.3 Å². The second-order valence-electron chi connectivity index (χ2n) is 8.25. The Kier molecular flexibility index (Phi) is 6.83. The smallest absolute Gasteiger partial charge is 0.411 e. The van der Waals surface area contributed by atoms with Crippen molar-refractivity contribution in [1.82, 2.24) is 4.98 Å². The number of carbonyl (C=O) groups is 1. The molecule has 1 atom stereocenters. The molecule has 0 fully saturated rings. The van der Waals surface area contributed by atoms with Crippen LogP contribution in [0.25, 0.3) is 10.8 Å². The lowest BCUT2D eigenvalue weighted by molar-refractivity contribution is 0.0337. The molecule has 0 aliphatic heterocycles. The highest BCUT2D eigenvalue weighted by atomic mass is 35.5. The standard InChI is InChI=1S/C24H27ClN2O3/c1-5-8-21(24(2,3)4)30-23(28)27-19-11-12-20(18-10-7-6-9-17(18)19)29-16-13-14-26-22(25)15-16/h6-7,9-15,21H,5,8H2,1-4H3,(H,27,28). The Morgan fingerprint density at radius 1 is 1.13 bits per heavy atom. The lowest BCUT2D eigenvalue weighted by Gasteiger charge is -2.30. The summed E-state index contributed by atoms with van der Waals surface area (Å²) in [5.74, 6) is 1.25. The van der Waals surface area contributed by atoms with Gasteiger partial charge in [-0.25, -0.2) is 9.78 Å². The van der Waals surface area contributed by atoms with Crippen molar-refractivity contribution >= 4 is 34.2 Å². The summed E-state index contributed by atoms with van der Waals surface area (Å²) in [7, 11) is 0. The summed E-state index contributed by atoms with van der Waals surface area (Å²) in [6, 6.07) is 14.7. The average Bonchev–Trinajstić information content (AvgIpc) is 2.69. The number of fused-ring (bicyclic) bond motifs is 1. The molecule has 1 N–H and O–H groups in total. The van der Waals surface area contributed by atoms with Gasteiger partial charge in [-0.2, -0.15) is 0 Å². The minimum Gasteiger partial charge on any atom is -0.457 e. The Morgan fingerprint density at radius 2 is 1.87 bits per heavy atom. The second kappa shape index (κ2) is 9.35.